The maximum Gasteiger partial charge on any atom is 0.233 e. The van der Waals surface area contributed by atoms with Gasteiger partial charge in [0.05, 0.1) is 19.0 Å². The van der Waals surface area contributed by atoms with Gasteiger partial charge in [-0.05, 0) is 18.8 Å². The summed E-state index contributed by atoms with van der Waals surface area (Å²) in [4.78, 5) is 24.5. The topological polar surface area (TPSA) is 60.9 Å². The molecule has 2 rings (SSSR count). The third kappa shape index (κ3) is 3.91. The Kier molecular flexibility index (Phi) is 5.34. The minimum absolute atomic E-state index is 0.00624. The fraction of sp³-hybridized carbons (Fsp3) is 0.857. The Labute approximate surface area is 118 Å². The summed E-state index contributed by atoms with van der Waals surface area (Å²) in [5.74, 6) is -0.0654. The molecular weight excluding hydrogens is 263 g/mol. The van der Waals surface area contributed by atoms with Crippen LogP contribution in [-0.2, 0) is 9.59 Å². The second-order valence-corrected chi connectivity index (χ2v) is 5.98. The van der Waals surface area contributed by atoms with Crippen molar-refractivity contribution in [2.24, 2.45) is 11.8 Å². The van der Waals surface area contributed by atoms with Crippen molar-refractivity contribution in [2.45, 2.75) is 44.7 Å². The third-order valence-corrected chi connectivity index (χ3v) is 4.41. The van der Waals surface area contributed by atoms with Crippen molar-refractivity contribution >= 4 is 12.3 Å². The number of hydrogen-bond donors (Lipinski definition) is 1. The molecule has 0 radical (unpaired) electrons. The molecule has 114 valence electrons. The molecule has 6 heteroatoms. The number of hydroxylamine groups is 2. The van der Waals surface area contributed by atoms with Gasteiger partial charge in [-0.3, -0.25) is 14.8 Å². The van der Waals surface area contributed by atoms with Crippen LogP contribution in [0.2, 0.25) is 0 Å². The van der Waals surface area contributed by atoms with Crippen molar-refractivity contribution in [2.75, 3.05) is 19.6 Å². The van der Waals surface area contributed by atoms with E-state index in [9.17, 15) is 19.2 Å². The van der Waals surface area contributed by atoms with Crippen LogP contribution in [0.3, 0.4) is 0 Å². The number of likely N-dealkylation sites (tertiary alicyclic amines) is 1. The van der Waals surface area contributed by atoms with Crippen molar-refractivity contribution in [1.29, 1.82) is 0 Å². The number of rotatable bonds is 6. The zero-order valence-electron chi connectivity index (χ0n) is 11.7. The predicted octanol–water partition coefficient (Wildman–Crippen LogP) is 1.60. The molecule has 2 unspecified atom stereocenters. The summed E-state index contributed by atoms with van der Waals surface area (Å²) in [5.41, 5.74) is 0. The quantitative estimate of drug-likeness (QED) is 0.458. The lowest BCUT2D eigenvalue weighted by molar-refractivity contribution is -0.157. The van der Waals surface area contributed by atoms with E-state index < -0.39 is 12.1 Å². The van der Waals surface area contributed by atoms with Crippen LogP contribution in [0.25, 0.3) is 0 Å². The monoisotopic (exact) mass is 286 g/mol. The maximum absolute atomic E-state index is 13.2. The molecular formula is C14H23FN2O3. The van der Waals surface area contributed by atoms with Gasteiger partial charge in [0.15, 0.2) is 0 Å². The normalized spacial score (nSPS) is 24.9. The van der Waals surface area contributed by atoms with E-state index in [1.807, 2.05) is 0 Å². The minimum Gasteiger partial charge on any atom is -0.339 e. The van der Waals surface area contributed by atoms with Crippen molar-refractivity contribution in [3.8, 4) is 0 Å². The molecule has 1 saturated heterocycles. The molecule has 1 aliphatic carbocycles. The summed E-state index contributed by atoms with van der Waals surface area (Å²) < 4.78 is 13.2. The van der Waals surface area contributed by atoms with E-state index in [1.165, 1.54) is 17.7 Å². The lowest BCUT2D eigenvalue weighted by atomic mass is 9.92. The van der Waals surface area contributed by atoms with Gasteiger partial charge in [0.2, 0.25) is 12.3 Å². The largest absolute Gasteiger partial charge is 0.339 e. The molecule has 1 aliphatic heterocycles. The molecule has 1 heterocycles. The number of halogens is 1. The smallest absolute Gasteiger partial charge is 0.233 e. The molecule has 1 N–H and O–H groups in total. The minimum atomic E-state index is -0.942. The van der Waals surface area contributed by atoms with Crippen LogP contribution in [0.5, 0.6) is 0 Å². The van der Waals surface area contributed by atoms with E-state index >= 15 is 0 Å². The average molecular weight is 286 g/mol. The Morgan fingerprint density at radius 2 is 2.10 bits per heavy atom. The Morgan fingerprint density at radius 1 is 1.40 bits per heavy atom. The number of hydrogen-bond acceptors (Lipinski definition) is 3. The van der Waals surface area contributed by atoms with Gasteiger partial charge in [0.1, 0.15) is 6.17 Å². The SMILES string of the molecule is O=CN(O)CC(CC1CCCC1)C(=O)N1CCC(F)C1. The van der Waals surface area contributed by atoms with Gasteiger partial charge in [0.25, 0.3) is 0 Å². The van der Waals surface area contributed by atoms with Crippen molar-refractivity contribution < 1.29 is 19.2 Å². The van der Waals surface area contributed by atoms with Crippen molar-refractivity contribution in [1.82, 2.24) is 9.96 Å². The first-order chi connectivity index (χ1) is 9.60. The fourth-order valence-corrected chi connectivity index (χ4v) is 3.35. The van der Waals surface area contributed by atoms with Gasteiger partial charge < -0.3 is 4.90 Å². The lowest BCUT2D eigenvalue weighted by Crippen LogP contribution is -2.40. The summed E-state index contributed by atoms with van der Waals surface area (Å²) in [6.07, 6.45) is 5.00. The Hall–Kier alpha value is -1.17. The highest BCUT2D eigenvalue weighted by Gasteiger charge is 2.33. The number of alkyl halides is 1. The molecule has 5 nitrogen and oxygen atoms in total. The van der Waals surface area contributed by atoms with Crippen molar-refractivity contribution in [3.05, 3.63) is 0 Å². The Balaban J connectivity index is 1.96. The average Bonchev–Trinajstić information content (AvgIpc) is 3.08. The number of carbonyl (C=O) groups is 2. The number of carbonyl (C=O) groups excluding carboxylic acids is 2. The number of nitrogens with zero attached hydrogens (tertiary/aromatic N) is 2. The van der Waals surface area contributed by atoms with Crippen LogP contribution < -0.4 is 0 Å². The molecule has 2 atom stereocenters. The molecule has 2 fully saturated rings. The molecule has 0 spiro atoms. The van der Waals surface area contributed by atoms with Crippen LogP contribution in [0.15, 0.2) is 0 Å². The van der Waals surface area contributed by atoms with Crippen molar-refractivity contribution in [3.63, 3.8) is 0 Å². The van der Waals surface area contributed by atoms with Crippen LogP contribution in [-0.4, -0.2) is 53.3 Å². The standard InChI is InChI=1S/C14H23FN2O3/c15-13-5-6-16(9-13)14(19)12(8-17(20)10-18)7-11-3-1-2-4-11/h10-13,20H,1-9H2. The van der Waals surface area contributed by atoms with E-state index in [0.717, 1.165) is 12.8 Å². The zero-order chi connectivity index (χ0) is 14.5. The first kappa shape index (κ1) is 15.2. The summed E-state index contributed by atoms with van der Waals surface area (Å²) >= 11 is 0. The predicted molar refractivity (Wildman–Crippen MR) is 70.7 cm³/mol. The fourth-order valence-electron chi connectivity index (χ4n) is 3.35. The van der Waals surface area contributed by atoms with E-state index in [2.05, 4.69) is 0 Å². The molecule has 0 aromatic rings. The molecule has 0 aromatic heterocycles. The molecule has 0 bridgehead atoms. The molecule has 0 aromatic carbocycles. The highest BCUT2D eigenvalue weighted by atomic mass is 19.1. The van der Waals surface area contributed by atoms with E-state index in [1.54, 1.807) is 0 Å². The highest BCUT2D eigenvalue weighted by Crippen LogP contribution is 2.31. The van der Waals surface area contributed by atoms with E-state index in [-0.39, 0.29) is 19.0 Å². The highest BCUT2D eigenvalue weighted by molar-refractivity contribution is 5.79. The van der Waals surface area contributed by atoms with E-state index in [4.69, 9.17) is 0 Å². The molecule has 2 aliphatic rings. The van der Waals surface area contributed by atoms with E-state index in [0.29, 0.717) is 36.8 Å². The maximum atomic E-state index is 13.2. The van der Waals surface area contributed by atoms with Gasteiger partial charge in [-0.2, -0.15) is 0 Å². The third-order valence-electron chi connectivity index (χ3n) is 4.41. The Bertz CT molecular complexity index is 347. The van der Waals surface area contributed by atoms with Gasteiger partial charge in [-0.25, -0.2) is 9.45 Å². The summed E-state index contributed by atoms with van der Waals surface area (Å²) in [5, 5.41) is 9.89. The van der Waals surface area contributed by atoms with Crippen LogP contribution in [0, 0.1) is 11.8 Å². The lowest BCUT2D eigenvalue weighted by Gasteiger charge is -2.26. The van der Waals surface area contributed by atoms with Gasteiger partial charge in [-0.1, -0.05) is 25.7 Å². The molecule has 1 saturated carbocycles. The second kappa shape index (κ2) is 7.02. The number of amides is 2. The summed E-state index contributed by atoms with van der Waals surface area (Å²) in [6, 6.07) is 0. The van der Waals surface area contributed by atoms with Crippen LogP contribution in [0.4, 0.5) is 4.39 Å². The summed E-state index contributed by atoms with van der Waals surface area (Å²) in [7, 11) is 0. The molecule has 2 amide bonds. The summed E-state index contributed by atoms with van der Waals surface area (Å²) in [6.45, 7) is 0.590. The Morgan fingerprint density at radius 3 is 2.65 bits per heavy atom. The molecule has 20 heavy (non-hydrogen) atoms. The second-order valence-electron chi connectivity index (χ2n) is 5.98. The van der Waals surface area contributed by atoms with Gasteiger partial charge >= 0.3 is 0 Å². The van der Waals surface area contributed by atoms with Crippen LogP contribution in [0.1, 0.15) is 38.5 Å². The van der Waals surface area contributed by atoms with Gasteiger partial charge in [0, 0.05) is 6.54 Å². The van der Waals surface area contributed by atoms with Gasteiger partial charge in [-0.15, -0.1) is 0 Å². The first-order valence-electron chi connectivity index (χ1n) is 7.43. The van der Waals surface area contributed by atoms with Crippen LogP contribution >= 0.6 is 0 Å². The zero-order valence-corrected chi connectivity index (χ0v) is 11.7. The first-order valence-corrected chi connectivity index (χ1v) is 7.43.